The quantitative estimate of drug-likeness (QED) is 0.874. The van der Waals surface area contributed by atoms with Gasteiger partial charge in [-0.2, -0.15) is 0 Å². The third-order valence-corrected chi connectivity index (χ3v) is 3.57. The number of carbonyl (C=O) groups excluding carboxylic acids is 1. The second-order valence-corrected chi connectivity index (χ2v) is 4.97. The molecular weight excluding hydrogens is 263 g/mol. The number of urea groups is 1. The minimum atomic E-state index is -0.885. The summed E-state index contributed by atoms with van der Waals surface area (Å²) in [5, 5.41) is 11.6. The number of nitrogens with zero attached hydrogens (tertiary/aromatic N) is 1. The number of nitrogens with one attached hydrogen (secondary N) is 1. The van der Waals surface area contributed by atoms with Crippen LogP contribution in [0.2, 0.25) is 0 Å². The van der Waals surface area contributed by atoms with Gasteiger partial charge in [-0.1, -0.05) is 6.07 Å². The van der Waals surface area contributed by atoms with Gasteiger partial charge in [0.1, 0.15) is 5.82 Å². The van der Waals surface area contributed by atoms with E-state index in [0.717, 1.165) is 0 Å². The van der Waals surface area contributed by atoms with Gasteiger partial charge >= 0.3 is 12.0 Å². The molecule has 1 heterocycles. The van der Waals surface area contributed by atoms with E-state index < -0.39 is 11.9 Å². The van der Waals surface area contributed by atoms with E-state index >= 15 is 0 Å². The van der Waals surface area contributed by atoms with Crippen LogP contribution in [0, 0.1) is 18.7 Å². The Kier molecular flexibility index (Phi) is 4.22. The molecule has 1 saturated heterocycles. The summed E-state index contributed by atoms with van der Waals surface area (Å²) in [5.41, 5.74) is 0.778. The van der Waals surface area contributed by atoms with Gasteiger partial charge in [-0.3, -0.25) is 4.79 Å². The van der Waals surface area contributed by atoms with E-state index in [1.165, 1.54) is 17.0 Å². The highest BCUT2D eigenvalue weighted by molar-refractivity contribution is 5.90. The van der Waals surface area contributed by atoms with Crippen molar-refractivity contribution in [2.75, 3.05) is 18.4 Å². The SMILES string of the molecule is Cc1c(F)cccc1NC(=O)N1CCC[C@@H](C(=O)O)C1. The number of carbonyl (C=O) groups is 2. The van der Waals surface area contributed by atoms with Crippen molar-refractivity contribution in [1.82, 2.24) is 4.90 Å². The van der Waals surface area contributed by atoms with E-state index in [2.05, 4.69) is 5.32 Å². The number of benzene rings is 1. The van der Waals surface area contributed by atoms with Crippen molar-refractivity contribution >= 4 is 17.7 Å². The van der Waals surface area contributed by atoms with Gasteiger partial charge in [0.2, 0.25) is 0 Å². The van der Waals surface area contributed by atoms with Crippen LogP contribution < -0.4 is 5.32 Å². The van der Waals surface area contributed by atoms with Crippen molar-refractivity contribution in [1.29, 1.82) is 0 Å². The van der Waals surface area contributed by atoms with Crippen molar-refractivity contribution in [2.45, 2.75) is 19.8 Å². The van der Waals surface area contributed by atoms with E-state index in [-0.39, 0.29) is 18.4 Å². The van der Waals surface area contributed by atoms with Gasteiger partial charge < -0.3 is 15.3 Å². The Labute approximate surface area is 116 Å². The number of halogens is 1. The first-order valence-electron chi connectivity index (χ1n) is 6.53. The summed E-state index contributed by atoms with van der Waals surface area (Å²) in [4.78, 5) is 24.5. The van der Waals surface area contributed by atoms with E-state index in [1.54, 1.807) is 13.0 Å². The molecule has 0 spiro atoms. The molecule has 6 heteroatoms. The lowest BCUT2D eigenvalue weighted by atomic mass is 9.99. The summed E-state index contributed by atoms with van der Waals surface area (Å²) in [7, 11) is 0. The zero-order valence-electron chi connectivity index (χ0n) is 11.2. The first-order chi connectivity index (χ1) is 9.49. The summed E-state index contributed by atoms with van der Waals surface area (Å²) in [5.74, 6) is -1.79. The number of amides is 2. The van der Waals surface area contributed by atoms with E-state index in [0.29, 0.717) is 30.6 Å². The van der Waals surface area contributed by atoms with Crippen molar-refractivity contribution in [3.8, 4) is 0 Å². The zero-order valence-corrected chi connectivity index (χ0v) is 11.2. The van der Waals surface area contributed by atoms with Crippen molar-refractivity contribution < 1.29 is 19.1 Å². The van der Waals surface area contributed by atoms with Crippen LogP contribution in [-0.2, 0) is 4.79 Å². The highest BCUT2D eigenvalue weighted by atomic mass is 19.1. The molecule has 1 atom stereocenters. The monoisotopic (exact) mass is 280 g/mol. The Morgan fingerprint density at radius 3 is 2.90 bits per heavy atom. The second kappa shape index (κ2) is 5.90. The Hall–Kier alpha value is -2.11. The van der Waals surface area contributed by atoms with Gasteiger partial charge in [0, 0.05) is 24.3 Å². The largest absolute Gasteiger partial charge is 0.481 e. The van der Waals surface area contributed by atoms with Crippen LogP contribution in [0.4, 0.5) is 14.9 Å². The molecule has 5 nitrogen and oxygen atoms in total. The third-order valence-electron chi connectivity index (χ3n) is 3.57. The number of aliphatic carboxylic acids is 1. The van der Waals surface area contributed by atoms with Crippen molar-refractivity contribution in [3.05, 3.63) is 29.6 Å². The van der Waals surface area contributed by atoms with Gasteiger partial charge in [0.15, 0.2) is 0 Å². The Morgan fingerprint density at radius 2 is 2.20 bits per heavy atom. The average molecular weight is 280 g/mol. The highest BCUT2D eigenvalue weighted by Crippen LogP contribution is 2.20. The molecule has 1 aromatic rings. The second-order valence-electron chi connectivity index (χ2n) is 4.97. The molecule has 2 N–H and O–H groups in total. The predicted molar refractivity (Wildman–Crippen MR) is 72.1 cm³/mol. The maximum Gasteiger partial charge on any atom is 0.321 e. The molecule has 0 unspecified atom stereocenters. The normalized spacial score (nSPS) is 18.7. The summed E-state index contributed by atoms with van der Waals surface area (Å²) in [6, 6.07) is 4.08. The van der Waals surface area contributed by atoms with E-state index in [1.807, 2.05) is 0 Å². The number of likely N-dealkylation sites (tertiary alicyclic amines) is 1. The smallest absolute Gasteiger partial charge is 0.321 e. The molecule has 1 aliphatic rings. The minimum Gasteiger partial charge on any atom is -0.481 e. The molecule has 0 radical (unpaired) electrons. The molecule has 2 rings (SSSR count). The fraction of sp³-hybridized carbons (Fsp3) is 0.429. The van der Waals surface area contributed by atoms with Crippen LogP contribution in [0.3, 0.4) is 0 Å². The predicted octanol–water partition coefficient (Wildman–Crippen LogP) is 2.46. The fourth-order valence-electron chi connectivity index (χ4n) is 2.30. The van der Waals surface area contributed by atoms with Gasteiger partial charge in [-0.25, -0.2) is 9.18 Å². The fourth-order valence-corrected chi connectivity index (χ4v) is 2.30. The summed E-state index contributed by atoms with van der Waals surface area (Å²) >= 11 is 0. The van der Waals surface area contributed by atoms with E-state index in [4.69, 9.17) is 5.11 Å². The number of hydrogen-bond donors (Lipinski definition) is 2. The van der Waals surface area contributed by atoms with Crippen LogP contribution in [0.5, 0.6) is 0 Å². The number of rotatable bonds is 2. The van der Waals surface area contributed by atoms with Crippen LogP contribution in [0.25, 0.3) is 0 Å². The van der Waals surface area contributed by atoms with Gasteiger partial charge in [0.05, 0.1) is 5.92 Å². The number of carboxylic acid groups (broad SMARTS) is 1. The molecule has 20 heavy (non-hydrogen) atoms. The number of anilines is 1. The van der Waals surface area contributed by atoms with Crippen LogP contribution >= 0.6 is 0 Å². The standard InChI is InChI=1S/C14H17FN2O3/c1-9-11(15)5-2-6-12(9)16-14(20)17-7-3-4-10(8-17)13(18)19/h2,5-6,10H,3-4,7-8H2,1H3,(H,16,20)(H,18,19)/t10-/m1/s1. The molecular formula is C14H17FN2O3. The molecule has 108 valence electrons. The molecule has 0 saturated carbocycles. The lowest BCUT2D eigenvalue weighted by molar-refractivity contribution is -0.143. The molecule has 0 aliphatic carbocycles. The Balaban J connectivity index is 2.04. The van der Waals surface area contributed by atoms with Gasteiger partial charge in [0.25, 0.3) is 0 Å². The lowest BCUT2D eigenvalue weighted by Gasteiger charge is -2.30. The minimum absolute atomic E-state index is 0.190. The van der Waals surface area contributed by atoms with Gasteiger partial charge in [-0.15, -0.1) is 0 Å². The molecule has 1 aromatic carbocycles. The maximum absolute atomic E-state index is 13.4. The maximum atomic E-state index is 13.4. The molecule has 1 fully saturated rings. The zero-order chi connectivity index (χ0) is 14.7. The Bertz CT molecular complexity index is 533. The summed E-state index contributed by atoms with van der Waals surface area (Å²) in [6.45, 7) is 2.29. The van der Waals surface area contributed by atoms with Gasteiger partial charge in [-0.05, 0) is 31.9 Å². The molecule has 0 bridgehead atoms. The first kappa shape index (κ1) is 14.3. The van der Waals surface area contributed by atoms with Crippen LogP contribution in [0.1, 0.15) is 18.4 Å². The lowest BCUT2D eigenvalue weighted by Crippen LogP contribution is -2.44. The summed E-state index contributed by atoms with van der Waals surface area (Å²) in [6.07, 6.45) is 1.24. The first-order valence-corrected chi connectivity index (χ1v) is 6.53. The van der Waals surface area contributed by atoms with Crippen molar-refractivity contribution in [3.63, 3.8) is 0 Å². The molecule has 2 amide bonds. The van der Waals surface area contributed by atoms with Crippen molar-refractivity contribution in [2.24, 2.45) is 5.92 Å². The Morgan fingerprint density at radius 1 is 1.45 bits per heavy atom. The topological polar surface area (TPSA) is 69.6 Å². The summed E-state index contributed by atoms with van der Waals surface area (Å²) < 4.78 is 13.4. The highest BCUT2D eigenvalue weighted by Gasteiger charge is 2.28. The molecule has 0 aromatic heterocycles. The number of carboxylic acids is 1. The number of piperidine rings is 1. The average Bonchev–Trinajstić information content (AvgIpc) is 2.44. The molecule has 1 aliphatic heterocycles. The van der Waals surface area contributed by atoms with Crippen LogP contribution in [0.15, 0.2) is 18.2 Å². The van der Waals surface area contributed by atoms with Crippen LogP contribution in [-0.4, -0.2) is 35.1 Å². The third kappa shape index (κ3) is 3.07. The van der Waals surface area contributed by atoms with E-state index in [9.17, 15) is 14.0 Å². The number of hydrogen-bond acceptors (Lipinski definition) is 2.